The molecule has 0 spiro atoms. The van der Waals surface area contributed by atoms with E-state index in [1.165, 1.54) is 11.3 Å². The van der Waals surface area contributed by atoms with Crippen LogP contribution in [0, 0.1) is 0 Å². The van der Waals surface area contributed by atoms with Crippen LogP contribution in [0.5, 0.6) is 0 Å². The quantitative estimate of drug-likeness (QED) is 0.565. The summed E-state index contributed by atoms with van der Waals surface area (Å²) < 4.78 is 0.826. The Morgan fingerprint density at radius 1 is 1.17 bits per heavy atom. The van der Waals surface area contributed by atoms with Crippen LogP contribution in [0.1, 0.15) is 23.2 Å². The van der Waals surface area contributed by atoms with Crippen molar-refractivity contribution in [2.45, 2.75) is 18.9 Å². The van der Waals surface area contributed by atoms with Crippen molar-refractivity contribution >= 4 is 55.8 Å². The van der Waals surface area contributed by atoms with Crippen LogP contribution in [0.2, 0.25) is 5.02 Å². The Labute approximate surface area is 185 Å². The normalized spacial score (nSPS) is 16.1. The van der Waals surface area contributed by atoms with Gasteiger partial charge in [-0.15, -0.1) is 10.2 Å². The smallest absolute Gasteiger partial charge is 0.254 e. The Balaban J connectivity index is 1.46. The van der Waals surface area contributed by atoms with E-state index in [-0.39, 0.29) is 11.8 Å². The summed E-state index contributed by atoms with van der Waals surface area (Å²) in [5.74, 6) is -0.396. The zero-order valence-corrected chi connectivity index (χ0v) is 18.3. The molecule has 1 aliphatic heterocycles. The minimum Gasteiger partial charge on any atom is -0.327 e. The van der Waals surface area contributed by atoms with Crippen LogP contribution >= 0.6 is 38.9 Å². The maximum Gasteiger partial charge on any atom is 0.254 e. The fraction of sp³-hybridized carbons (Fsp3) is 0.200. The van der Waals surface area contributed by atoms with Gasteiger partial charge >= 0.3 is 0 Å². The van der Waals surface area contributed by atoms with E-state index in [0.29, 0.717) is 33.7 Å². The molecule has 1 N–H and O–H groups in total. The van der Waals surface area contributed by atoms with Gasteiger partial charge in [0.1, 0.15) is 11.0 Å². The van der Waals surface area contributed by atoms with Crippen LogP contribution in [0.15, 0.2) is 53.0 Å². The first kappa shape index (κ1) is 20.0. The first-order chi connectivity index (χ1) is 14.0. The first-order valence-corrected chi connectivity index (χ1v) is 11.0. The van der Waals surface area contributed by atoms with Crippen molar-refractivity contribution in [3.05, 3.63) is 63.6 Å². The van der Waals surface area contributed by atoms with Crippen LogP contribution in [0.3, 0.4) is 0 Å². The summed E-state index contributed by atoms with van der Waals surface area (Å²) >= 11 is 10.6. The van der Waals surface area contributed by atoms with Crippen molar-refractivity contribution in [1.29, 1.82) is 0 Å². The van der Waals surface area contributed by atoms with Crippen LogP contribution < -0.4 is 5.32 Å². The number of carbonyl (C=O) groups excluding carboxylic acids is 2. The van der Waals surface area contributed by atoms with Crippen molar-refractivity contribution in [2.75, 3.05) is 11.9 Å². The molecule has 0 bridgehead atoms. The summed E-state index contributed by atoms with van der Waals surface area (Å²) in [6.07, 6.45) is 1.40. The lowest BCUT2D eigenvalue weighted by Gasteiger charge is -2.23. The number of likely N-dealkylation sites (tertiary alicyclic amines) is 1. The van der Waals surface area contributed by atoms with Crippen LogP contribution in [0.4, 0.5) is 5.13 Å². The number of hydrogen-bond acceptors (Lipinski definition) is 5. The second kappa shape index (κ2) is 8.61. The van der Waals surface area contributed by atoms with Gasteiger partial charge in [0.15, 0.2) is 0 Å². The topological polar surface area (TPSA) is 75.2 Å². The lowest BCUT2D eigenvalue weighted by atomic mass is 10.1. The lowest BCUT2D eigenvalue weighted by molar-refractivity contribution is -0.119. The summed E-state index contributed by atoms with van der Waals surface area (Å²) in [6, 6.07) is 13.9. The molecule has 148 valence electrons. The lowest BCUT2D eigenvalue weighted by Crippen LogP contribution is -2.43. The molecule has 1 aromatic heterocycles. The van der Waals surface area contributed by atoms with Gasteiger partial charge in [0.2, 0.25) is 11.0 Å². The molecule has 1 saturated heterocycles. The highest BCUT2D eigenvalue weighted by atomic mass is 79.9. The summed E-state index contributed by atoms with van der Waals surface area (Å²) in [4.78, 5) is 27.3. The Morgan fingerprint density at radius 3 is 2.72 bits per heavy atom. The van der Waals surface area contributed by atoms with Gasteiger partial charge in [-0.3, -0.25) is 14.9 Å². The zero-order valence-electron chi connectivity index (χ0n) is 15.1. The van der Waals surface area contributed by atoms with Crippen LogP contribution in [-0.4, -0.2) is 39.5 Å². The zero-order chi connectivity index (χ0) is 20.4. The number of nitrogens with one attached hydrogen (secondary N) is 1. The van der Waals surface area contributed by atoms with Gasteiger partial charge in [-0.1, -0.05) is 57.1 Å². The van der Waals surface area contributed by atoms with Gasteiger partial charge in [-0.25, -0.2) is 0 Å². The molecule has 6 nitrogen and oxygen atoms in total. The van der Waals surface area contributed by atoms with Crippen molar-refractivity contribution in [2.24, 2.45) is 0 Å². The number of amides is 2. The second-order valence-electron chi connectivity index (χ2n) is 6.58. The third-order valence-electron chi connectivity index (χ3n) is 4.63. The third-order valence-corrected chi connectivity index (χ3v) is 6.27. The number of anilines is 1. The minimum absolute atomic E-state index is 0.150. The molecule has 1 fully saturated rings. The number of rotatable bonds is 4. The Hall–Kier alpha value is -2.29. The third kappa shape index (κ3) is 4.49. The molecule has 0 radical (unpaired) electrons. The van der Waals surface area contributed by atoms with Crippen LogP contribution in [0.25, 0.3) is 10.6 Å². The van der Waals surface area contributed by atoms with Gasteiger partial charge in [-0.2, -0.15) is 0 Å². The van der Waals surface area contributed by atoms with Gasteiger partial charge < -0.3 is 4.90 Å². The molecule has 1 atom stereocenters. The number of benzene rings is 2. The van der Waals surface area contributed by atoms with Gasteiger partial charge in [0.25, 0.3) is 5.91 Å². The highest BCUT2D eigenvalue weighted by Crippen LogP contribution is 2.28. The van der Waals surface area contributed by atoms with Gasteiger partial charge in [0, 0.05) is 27.2 Å². The largest absolute Gasteiger partial charge is 0.327 e. The predicted octanol–water partition coefficient (Wildman–Crippen LogP) is 4.86. The molecule has 3 aromatic rings. The van der Waals surface area contributed by atoms with Gasteiger partial charge in [-0.05, 0) is 43.2 Å². The highest BCUT2D eigenvalue weighted by molar-refractivity contribution is 9.10. The summed E-state index contributed by atoms with van der Waals surface area (Å²) in [7, 11) is 0. The number of hydrogen-bond donors (Lipinski definition) is 1. The van der Waals surface area contributed by atoms with Crippen molar-refractivity contribution < 1.29 is 9.59 Å². The molecular weight excluding hydrogens is 476 g/mol. The number of carbonyl (C=O) groups is 2. The molecule has 1 aliphatic rings. The molecule has 2 heterocycles. The van der Waals surface area contributed by atoms with E-state index in [1.54, 1.807) is 29.2 Å². The molecular formula is C20H16BrClN4O2S. The predicted molar refractivity (Wildman–Crippen MR) is 117 cm³/mol. The Kier molecular flexibility index (Phi) is 5.94. The van der Waals surface area contributed by atoms with Crippen molar-refractivity contribution in [1.82, 2.24) is 15.1 Å². The molecule has 9 heteroatoms. The molecule has 2 aromatic carbocycles. The fourth-order valence-electron chi connectivity index (χ4n) is 3.24. The van der Waals surface area contributed by atoms with E-state index in [9.17, 15) is 9.59 Å². The Bertz CT molecular complexity index is 1060. The molecule has 29 heavy (non-hydrogen) atoms. The molecule has 0 saturated carbocycles. The summed E-state index contributed by atoms with van der Waals surface area (Å²) in [5, 5.41) is 12.7. The second-order valence-corrected chi connectivity index (χ2v) is 8.91. The monoisotopic (exact) mass is 490 g/mol. The van der Waals surface area contributed by atoms with E-state index in [2.05, 4.69) is 31.4 Å². The SMILES string of the molecule is O=C(Nc1nnc(-c2ccc(Cl)cc2)s1)C1CCCN1C(=O)c1cccc(Br)c1. The first-order valence-electron chi connectivity index (χ1n) is 8.98. The fourth-order valence-corrected chi connectivity index (χ4v) is 4.52. The van der Waals surface area contributed by atoms with E-state index < -0.39 is 6.04 Å². The average Bonchev–Trinajstić information content (AvgIpc) is 3.38. The maximum absolute atomic E-state index is 12.9. The van der Waals surface area contributed by atoms with E-state index >= 15 is 0 Å². The molecule has 2 amide bonds. The summed E-state index contributed by atoms with van der Waals surface area (Å²) in [5.41, 5.74) is 1.43. The minimum atomic E-state index is -0.524. The van der Waals surface area contributed by atoms with E-state index in [0.717, 1.165) is 16.5 Å². The summed E-state index contributed by atoms with van der Waals surface area (Å²) in [6.45, 7) is 0.551. The Morgan fingerprint density at radius 2 is 1.97 bits per heavy atom. The van der Waals surface area contributed by atoms with E-state index in [1.807, 2.05) is 24.3 Å². The van der Waals surface area contributed by atoms with Crippen LogP contribution in [-0.2, 0) is 4.79 Å². The molecule has 0 aliphatic carbocycles. The molecule has 4 rings (SSSR count). The number of halogens is 2. The average molecular weight is 492 g/mol. The number of nitrogens with zero attached hydrogens (tertiary/aromatic N) is 3. The standard InChI is InChI=1S/C20H16BrClN4O2S/c21-14-4-1-3-13(11-14)19(28)26-10-2-5-16(26)17(27)23-20-25-24-18(29-20)12-6-8-15(22)9-7-12/h1,3-4,6-9,11,16H,2,5,10H2,(H,23,25,27). The van der Waals surface area contributed by atoms with Gasteiger partial charge in [0.05, 0.1) is 0 Å². The molecule has 1 unspecified atom stereocenters. The number of aromatic nitrogens is 2. The maximum atomic E-state index is 12.9. The highest BCUT2D eigenvalue weighted by Gasteiger charge is 2.35. The van der Waals surface area contributed by atoms with Crippen molar-refractivity contribution in [3.63, 3.8) is 0 Å². The van der Waals surface area contributed by atoms with Crippen molar-refractivity contribution in [3.8, 4) is 10.6 Å². The van der Waals surface area contributed by atoms with E-state index in [4.69, 9.17) is 11.6 Å².